The zero-order chi connectivity index (χ0) is 29.9. The van der Waals surface area contributed by atoms with Crippen molar-refractivity contribution in [3.8, 4) is 5.75 Å². The van der Waals surface area contributed by atoms with E-state index in [-0.39, 0.29) is 48.7 Å². The summed E-state index contributed by atoms with van der Waals surface area (Å²) >= 11 is 0. The molecule has 0 aliphatic heterocycles. The van der Waals surface area contributed by atoms with Gasteiger partial charge in [0.2, 0.25) is 11.8 Å². The molecule has 1 aromatic carbocycles. The van der Waals surface area contributed by atoms with Crippen molar-refractivity contribution in [1.82, 2.24) is 16.0 Å². The fourth-order valence-electron chi connectivity index (χ4n) is 4.23. The number of ether oxygens (including phenoxy) is 2. The lowest BCUT2D eigenvalue weighted by atomic mass is 9.96. The second-order valence-corrected chi connectivity index (χ2v) is 11.0. The molecule has 0 bridgehead atoms. The van der Waals surface area contributed by atoms with Crippen molar-refractivity contribution in [2.75, 3.05) is 32.6 Å². The standard InChI is InChI=1S/C27H38F2N4O4.C3H8/c1-17(23-21(28)15-20(16-22(23)30)37-14-13-36-4)32-18-5-7-19(8-6-18)33-25(35)27(9-10-27)24(34)31-12-11-26(2,3)29;1-3-2/h5,15-16,19,32H,1,6-14,30H2,2-4H3,(H,31,34)(H,33,35);3H2,1-2H3. The molecule has 1 fully saturated rings. The highest BCUT2D eigenvalue weighted by Gasteiger charge is 2.56. The second kappa shape index (κ2) is 15.0. The maximum Gasteiger partial charge on any atom is 0.235 e. The summed E-state index contributed by atoms with van der Waals surface area (Å²) in [6, 6.07) is 2.69. The van der Waals surface area contributed by atoms with E-state index >= 15 is 0 Å². The van der Waals surface area contributed by atoms with Gasteiger partial charge in [0, 0.05) is 48.9 Å². The average Bonchev–Trinajstić information content (AvgIpc) is 3.67. The van der Waals surface area contributed by atoms with Gasteiger partial charge in [-0.3, -0.25) is 9.59 Å². The van der Waals surface area contributed by atoms with Crippen molar-refractivity contribution in [2.24, 2.45) is 5.41 Å². The number of rotatable bonds is 13. The molecule has 0 heterocycles. The highest BCUT2D eigenvalue weighted by molar-refractivity contribution is 6.08. The smallest absolute Gasteiger partial charge is 0.235 e. The van der Waals surface area contributed by atoms with Crippen molar-refractivity contribution >= 4 is 23.2 Å². The molecule has 0 radical (unpaired) electrons. The number of hydrogen-bond acceptors (Lipinski definition) is 6. The highest BCUT2D eigenvalue weighted by atomic mass is 19.1. The fourth-order valence-corrected chi connectivity index (χ4v) is 4.23. The first kappa shape index (κ1) is 33.1. The number of allylic oxidation sites excluding steroid dienone is 1. The first-order chi connectivity index (χ1) is 18.9. The molecule has 2 aliphatic carbocycles. The molecular weight excluding hydrogens is 518 g/mol. The van der Waals surface area contributed by atoms with Crippen LogP contribution in [-0.4, -0.2) is 50.4 Å². The van der Waals surface area contributed by atoms with Crippen LogP contribution in [0.2, 0.25) is 0 Å². The quantitative estimate of drug-likeness (QED) is 0.152. The number of carbonyl (C=O) groups is 2. The normalized spacial score (nSPS) is 17.5. The number of anilines is 1. The summed E-state index contributed by atoms with van der Waals surface area (Å²) in [6.45, 7) is 11.9. The van der Waals surface area contributed by atoms with Crippen LogP contribution in [-0.2, 0) is 14.3 Å². The Hall–Kier alpha value is -3.14. The molecule has 2 amide bonds. The van der Waals surface area contributed by atoms with Crippen LogP contribution >= 0.6 is 0 Å². The number of carbonyl (C=O) groups excluding carboxylic acids is 2. The third kappa shape index (κ3) is 9.80. The van der Waals surface area contributed by atoms with E-state index in [4.69, 9.17) is 15.2 Å². The van der Waals surface area contributed by atoms with Gasteiger partial charge in [-0.05, 0) is 52.4 Å². The number of nitrogens with two attached hydrogens (primary N) is 1. The van der Waals surface area contributed by atoms with Gasteiger partial charge in [0.05, 0.1) is 12.2 Å². The van der Waals surface area contributed by atoms with Crippen LogP contribution in [0.3, 0.4) is 0 Å². The number of alkyl halides is 1. The number of nitrogen functional groups attached to an aromatic ring is 1. The predicted octanol–water partition coefficient (Wildman–Crippen LogP) is 5.00. The van der Waals surface area contributed by atoms with Gasteiger partial charge in [0.25, 0.3) is 0 Å². The lowest BCUT2D eigenvalue weighted by molar-refractivity contribution is -0.137. The van der Waals surface area contributed by atoms with Crippen LogP contribution in [0.5, 0.6) is 5.75 Å². The SMILES string of the molecule is C=C(NC1=CCC(NC(=O)C2(C(=O)NCCC(C)(C)F)CC2)CC1)c1c(N)cc(OCCOC)cc1F.CCC. The average molecular weight is 565 g/mol. The van der Waals surface area contributed by atoms with Gasteiger partial charge >= 0.3 is 0 Å². The summed E-state index contributed by atoms with van der Waals surface area (Å²) in [6.07, 6.45) is 6.15. The van der Waals surface area contributed by atoms with Crippen LogP contribution in [0.1, 0.15) is 78.2 Å². The molecule has 40 heavy (non-hydrogen) atoms. The van der Waals surface area contributed by atoms with E-state index in [2.05, 4.69) is 36.4 Å². The Bertz CT molecular complexity index is 1040. The summed E-state index contributed by atoms with van der Waals surface area (Å²) in [5.41, 5.74) is 5.19. The summed E-state index contributed by atoms with van der Waals surface area (Å²) < 4.78 is 38.7. The van der Waals surface area contributed by atoms with Crippen LogP contribution in [0.25, 0.3) is 5.70 Å². The molecule has 2 aliphatic rings. The van der Waals surface area contributed by atoms with E-state index in [1.165, 1.54) is 26.3 Å². The van der Waals surface area contributed by atoms with Gasteiger partial charge < -0.3 is 31.2 Å². The fraction of sp³-hybridized carbons (Fsp3) is 0.600. The molecule has 8 nitrogen and oxygen atoms in total. The minimum atomic E-state index is -1.38. The Labute approximate surface area is 237 Å². The molecule has 5 N–H and O–H groups in total. The van der Waals surface area contributed by atoms with Crippen molar-refractivity contribution in [1.29, 1.82) is 0 Å². The summed E-state index contributed by atoms with van der Waals surface area (Å²) in [5.74, 6) is -0.859. The first-order valence-corrected chi connectivity index (χ1v) is 14.0. The minimum absolute atomic E-state index is 0.119. The molecule has 1 atom stereocenters. The molecule has 1 saturated carbocycles. The molecular formula is C30H46F2N4O4. The van der Waals surface area contributed by atoms with Crippen molar-refractivity contribution in [2.45, 2.75) is 84.4 Å². The number of benzene rings is 1. The summed E-state index contributed by atoms with van der Waals surface area (Å²) in [5, 5.41) is 8.83. The van der Waals surface area contributed by atoms with Gasteiger partial charge in [-0.1, -0.05) is 32.9 Å². The van der Waals surface area contributed by atoms with Crippen molar-refractivity contribution in [3.63, 3.8) is 0 Å². The Morgan fingerprint density at radius 2 is 1.88 bits per heavy atom. The largest absolute Gasteiger partial charge is 0.491 e. The van der Waals surface area contributed by atoms with Gasteiger partial charge in [0.15, 0.2) is 0 Å². The Kier molecular flexibility index (Phi) is 12.4. The molecule has 0 saturated heterocycles. The lowest BCUT2D eigenvalue weighted by Gasteiger charge is -2.26. The van der Waals surface area contributed by atoms with Crippen molar-refractivity contribution < 1.29 is 27.8 Å². The number of methoxy groups -OCH3 is 1. The Balaban J connectivity index is 0.00000178. The zero-order valence-electron chi connectivity index (χ0n) is 24.6. The van der Waals surface area contributed by atoms with E-state index in [1.807, 2.05) is 6.08 Å². The first-order valence-electron chi connectivity index (χ1n) is 14.0. The lowest BCUT2D eigenvalue weighted by Crippen LogP contribution is -2.47. The van der Waals surface area contributed by atoms with E-state index in [9.17, 15) is 18.4 Å². The van der Waals surface area contributed by atoms with E-state index in [0.717, 1.165) is 5.70 Å². The van der Waals surface area contributed by atoms with Gasteiger partial charge in [-0.15, -0.1) is 0 Å². The number of nitrogens with one attached hydrogen (secondary N) is 3. The molecule has 10 heteroatoms. The van der Waals surface area contributed by atoms with E-state index in [0.29, 0.717) is 50.2 Å². The van der Waals surface area contributed by atoms with Gasteiger partial charge in [-0.25, -0.2) is 8.78 Å². The topological polar surface area (TPSA) is 115 Å². The van der Waals surface area contributed by atoms with Crippen LogP contribution in [0.15, 0.2) is 30.5 Å². The van der Waals surface area contributed by atoms with Crippen LogP contribution in [0, 0.1) is 11.2 Å². The predicted molar refractivity (Wildman–Crippen MR) is 155 cm³/mol. The monoisotopic (exact) mass is 564 g/mol. The molecule has 224 valence electrons. The highest BCUT2D eigenvalue weighted by Crippen LogP contribution is 2.46. The maximum atomic E-state index is 14.7. The third-order valence-electron chi connectivity index (χ3n) is 6.63. The molecule has 0 spiro atoms. The second-order valence-electron chi connectivity index (χ2n) is 11.0. The van der Waals surface area contributed by atoms with Gasteiger partial charge in [-0.2, -0.15) is 0 Å². The maximum absolute atomic E-state index is 14.7. The molecule has 1 aromatic rings. The Morgan fingerprint density at radius 1 is 1.20 bits per heavy atom. The van der Waals surface area contributed by atoms with E-state index in [1.54, 1.807) is 13.2 Å². The minimum Gasteiger partial charge on any atom is -0.491 e. The number of halogens is 2. The summed E-state index contributed by atoms with van der Waals surface area (Å²) in [4.78, 5) is 25.4. The van der Waals surface area contributed by atoms with Crippen LogP contribution in [0.4, 0.5) is 14.5 Å². The zero-order valence-corrected chi connectivity index (χ0v) is 24.6. The van der Waals surface area contributed by atoms with Gasteiger partial charge in [0.1, 0.15) is 29.3 Å². The molecule has 0 aromatic heterocycles. The van der Waals surface area contributed by atoms with Crippen LogP contribution < -0.4 is 26.4 Å². The number of amides is 2. The molecule has 1 unspecified atom stereocenters. The number of hydrogen-bond donors (Lipinski definition) is 4. The molecule has 3 rings (SSSR count). The van der Waals surface area contributed by atoms with Crippen molar-refractivity contribution in [3.05, 3.63) is 41.9 Å². The summed E-state index contributed by atoms with van der Waals surface area (Å²) in [7, 11) is 1.55. The Morgan fingerprint density at radius 3 is 2.40 bits per heavy atom. The van der Waals surface area contributed by atoms with E-state index < -0.39 is 16.9 Å². The third-order valence-corrected chi connectivity index (χ3v) is 6.63.